The van der Waals surface area contributed by atoms with Crippen LogP contribution >= 0.6 is 11.6 Å². The van der Waals surface area contributed by atoms with Crippen molar-refractivity contribution in [3.63, 3.8) is 0 Å². The average Bonchev–Trinajstić information content (AvgIpc) is 2.49. The molecule has 5 heteroatoms. The molecule has 0 saturated heterocycles. The molecule has 0 saturated carbocycles. The first-order valence-corrected chi connectivity index (χ1v) is 6.89. The Morgan fingerprint density at radius 2 is 1.90 bits per heavy atom. The third-order valence-electron chi connectivity index (χ3n) is 2.90. The van der Waals surface area contributed by atoms with Gasteiger partial charge < -0.3 is 8.53 Å². The van der Waals surface area contributed by atoms with Gasteiger partial charge in [0.15, 0.2) is 0 Å². The molecule has 0 aliphatic heterocycles. The summed E-state index contributed by atoms with van der Waals surface area (Å²) >= 11 is 8.08. The molecule has 0 heterocycles. The van der Waals surface area contributed by atoms with E-state index in [9.17, 15) is 4.79 Å². The quantitative estimate of drug-likeness (QED) is 0.804. The number of rotatable bonds is 4. The third-order valence-corrected chi connectivity index (χ3v) is 3.44. The van der Waals surface area contributed by atoms with Gasteiger partial charge in [-0.3, -0.25) is 4.79 Å². The van der Waals surface area contributed by atoms with Crippen molar-refractivity contribution in [2.24, 2.45) is 0 Å². The summed E-state index contributed by atoms with van der Waals surface area (Å²) in [7, 11) is 0. The zero-order valence-electron chi connectivity index (χ0n) is 10.9. The van der Waals surface area contributed by atoms with Gasteiger partial charge in [-0.05, 0) is 36.8 Å². The van der Waals surface area contributed by atoms with E-state index >= 15 is 0 Å². The van der Waals surface area contributed by atoms with E-state index in [0.717, 1.165) is 5.56 Å². The van der Waals surface area contributed by atoms with E-state index in [0.29, 0.717) is 16.5 Å². The lowest BCUT2D eigenvalue weighted by atomic mass is 10.0. The highest BCUT2D eigenvalue weighted by Gasteiger charge is 2.16. The van der Waals surface area contributed by atoms with Gasteiger partial charge in [-0.25, -0.2) is 0 Å². The molecule has 2 aromatic rings. The lowest BCUT2D eigenvalue weighted by Gasteiger charge is -2.14. The van der Waals surface area contributed by atoms with Gasteiger partial charge in [0.25, 0.3) is 5.97 Å². The van der Waals surface area contributed by atoms with E-state index in [-0.39, 0.29) is 11.9 Å². The molecule has 100 valence electrons. The Bertz CT molecular complexity index is 601. The van der Waals surface area contributed by atoms with Crippen LogP contribution in [0.2, 0.25) is 5.02 Å². The minimum atomic E-state index is -0.386. The summed E-state index contributed by atoms with van der Waals surface area (Å²) in [5.74, 6) is 0.484. The first kappa shape index (κ1) is 14.9. The molecule has 0 aromatic heterocycles. The van der Waals surface area contributed by atoms with Crippen LogP contribution in [0.15, 0.2) is 48.5 Å². The Labute approximate surface area is 131 Å². The molecular weight excluding hydrogens is 291 g/mol. The smallest absolute Gasteiger partial charge is 0.484 e. The van der Waals surface area contributed by atoms with Crippen LogP contribution in [-0.2, 0) is 8.58 Å². The predicted octanol–water partition coefficient (Wildman–Crippen LogP) is 3.86. The first-order valence-electron chi connectivity index (χ1n) is 6.04. The van der Waals surface area contributed by atoms with Crippen molar-refractivity contribution in [2.75, 3.05) is 0 Å². The van der Waals surface area contributed by atoms with Gasteiger partial charge >= 0.3 is 16.6 Å². The summed E-state index contributed by atoms with van der Waals surface area (Å²) in [6.45, 7) is 1.77. The van der Waals surface area contributed by atoms with E-state index in [2.05, 4.69) is 3.79 Å². The summed E-state index contributed by atoms with van der Waals surface area (Å²) in [6, 6.07) is 14.6. The number of carbonyl (C=O) groups excluding carboxylic acids is 1. The number of hydrogen-bond acceptors (Lipinski definition) is 3. The van der Waals surface area contributed by atoms with Gasteiger partial charge in [0.2, 0.25) is 0 Å². The highest BCUT2D eigenvalue weighted by molar-refractivity contribution is 6.32. The van der Waals surface area contributed by atoms with Gasteiger partial charge in [-0.15, -0.1) is 0 Å². The Kier molecular flexibility index (Phi) is 5.08. The van der Waals surface area contributed by atoms with Crippen LogP contribution < -0.4 is 4.74 Å². The van der Waals surface area contributed by atoms with Crippen molar-refractivity contribution in [3.05, 3.63) is 59.1 Å². The Hall–Kier alpha value is -1.47. The molecule has 0 N–H and O–H groups in total. The zero-order valence-corrected chi connectivity index (χ0v) is 12.8. The normalized spacial score (nSPS) is 11.7. The monoisotopic (exact) mass is 302 g/mol. The summed E-state index contributed by atoms with van der Waals surface area (Å²) in [5, 5.41) is 0.490. The van der Waals surface area contributed by atoms with Crippen LogP contribution in [0.25, 0.3) is 0 Å². The number of carbonyl (C=O) groups is 1. The van der Waals surface area contributed by atoms with Crippen LogP contribution in [0, 0.1) is 0 Å². The second-order valence-corrected chi connectivity index (χ2v) is 4.91. The Morgan fingerprint density at radius 3 is 2.55 bits per heavy atom. The minimum absolute atomic E-state index is 0.331. The van der Waals surface area contributed by atoms with Crippen molar-refractivity contribution >= 4 is 34.2 Å². The molecule has 0 aliphatic carbocycles. The number of benzene rings is 2. The summed E-state index contributed by atoms with van der Waals surface area (Å²) in [4.78, 5) is 11.5. The first-order chi connectivity index (χ1) is 9.61. The second-order valence-electron chi connectivity index (χ2n) is 4.26. The maximum absolute atomic E-state index is 11.5. The van der Waals surface area contributed by atoms with Gasteiger partial charge in [0.1, 0.15) is 11.5 Å². The maximum Gasteiger partial charge on any atom is 0.484 e. The third kappa shape index (κ3) is 3.55. The number of halogens is 1. The molecule has 20 heavy (non-hydrogen) atoms. The fourth-order valence-electron chi connectivity index (χ4n) is 1.72. The van der Waals surface area contributed by atoms with Crippen molar-refractivity contribution in [1.29, 1.82) is 0 Å². The molecule has 2 rings (SSSR count). The molecule has 3 nitrogen and oxygen atoms in total. The van der Waals surface area contributed by atoms with Gasteiger partial charge in [0, 0.05) is 0 Å². The molecule has 0 bridgehead atoms. The maximum atomic E-state index is 11.5. The van der Waals surface area contributed by atoms with Crippen LogP contribution in [0.4, 0.5) is 0 Å². The van der Waals surface area contributed by atoms with Crippen molar-refractivity contribution in [1.82, 2.24) is 0 Å². The minimum Gasteiger partial charge on any atom is -0.628 e. The van der Waals surface area contributed by atoms with Gasteiger partial charge in [-0.1, -0.05) is 35.9 Å². The predicted molar refractivity (Wildman–Crippen MR) is 78.2 cm³/mol. The van der Waals surface area contributed by atoms with Crippen LogP contribution in [0.5, 0.6) is 11.5 Å². The fraction of sp³-hybridized carbons (Fsp3) is 0.133. The molecule has 1 atom stereocenters. The molecule has 2 aromatic carbocycles. The van der Waals surface area contributed by atoms with E-state index in [1.807, 2.05) is 47.0 Å². The molecule has 2 radical (unpaired) electrons. The van der Waals surface area contributed by atoms with E-state index in [1.54, 1.807) is 25.1 Å². The highest BCUT2D eigenvalue weighted by Crippen LogP contribution is 2.32. The lowest BCUT2D eigenvalue weighted by Crippen LogP contribution is -2.11. The number of ether oxygens (including phenoxy) is 1. The Morgan fingerprint density at radius 1 is 1.20 bits per heavy atom. The van der Waals surface area contributed by atoms with Crippen LogP contribution in [0.1, 0.15) is 18.4 Å². The summed E-state index contributed by atoms with van der Waals surface area (Å²) < 4.78 is 10.4. The summed E-state index contributed by atoms with van der Waals surface area (Å²) in [6.07, 6.45) is 0. The number of para-hydroxylation sites is 1. The van der Waals surface area contributed by atoms with Gasteiger partial charge in [0.05, 0.1) is 10.9 Å². The van der Waals surface area contributed by atoms with Crippen molar-refractivity contribution in [3.8, 4) is 11.5 Å². The fourth-order valence-corrected chi connectivity index (χ4v) is 2.08. The highest BCUT2D eigenvalue weighted by atomic mass is 35.5. The molecule has 1 unspecified atom stereocenters. The van der Waals surface area contributed by atoms with Crippen molar-refractivity contribution in [2.45, 2.75) is 12.8 Å². The topological polar surface area (TPSA) is 35.5 Å². The molecule has 0 aliphatic rings. The van der Waals surface area contributed by atoms with E-state index in [1.165, 1.54) is 0 Å². The van der Waals surface area contributed by atoms with E-state index < -0.39 is 0 Å². The number of hydrogen-bond donors (Lipinski definition) is 0. The lowest BCUT2D eigenvalue weighted by molar-refractivity contribution is -0.135. The van der Waals surface area contributed by atoms with Crippen LogP contribution in [0.3, 0.4) is 0 Å². The van der Waals surface area contributed by atoms with E-state index in [4.69, 9.17) is 16.3 Å². The molecule has 0 spiro atoms. The SMILES string of the molecule is CC(C(=O)[O][Al])c1ccc(Cl)c(Oc2ccccc2)c1. The molecule has 0 amide bonds. The average molecular weight is 303 g/mol. The zero-order chi connectivity index (χ0) is 14.5. The standard InChI is InChI=1S/C15H13ClO3.Al/c1-10(15(17)18)11-7-8-13(16)14(9-11)19-12-5-3-2-4-6-12;/h2-10H,1H3,(H,17,18);/q;+1/p-1. The Balaban J connectivity index is 2.27. The second kappa shape index (κ2) is 6.81. The van der Waals surface area contributed by atoms with Gasteiger partial charge in [-0.2, -0.15) is 0 Å². The molecule has 0 fully saturated rings. The van der Waals surface area contributed by atoms with Crippen LogP contribution in [-0.4, -0.2) is 22.6 Å². The van der Waals surface area contributed by atoms with Crippen molar-refractivity contribution < 1.29 is 13.3 Å². The molecular formula is C15H12AlClO3. The largest absolute Gasteiger partial charge is 0.628 e. The summed E-state index contributed by atoms with van der Waals surface area (Å²) in [5.41, 5.74) is 0.785.